The van der Waals surface area contributed by atoms with E-state index in [1.807, 2.05) is 13.0 Å². The van der Waals surface area contributed by atoms with Crippen molar-refractivity contribution in [3.8, 4) is 11.4 Å². The Morgan fingerprint density at radius 3 is 2.57 bits per heavy atom. The normalized spacial score (nSPS) is 11.5. The highest BCUT2D eigenvalue weighted by atomic mass is 16.5. The van der Waals surface area contributed by atoms with Gasteiger partial charge in [0.15, 0.2) is 6.10 Å². The van der Waals surface area contributed by atoms with Gasteiger partial charge in [0.1, 0.15) is 12.1 Å². The van der Waals surface area contributed by atoms with Crippen molar-refractivity contribution in [3.63, 3.8) is 0 Å². The summed E-state index contributed by atoms with van der Waals surface area (Å²) in [7, 11) is 0. The van der Waals surface area contributed by atoms with Crippen molar-refractivity contribution in [1.82, 2.24) is 20.2 Å². The molecule has 9 nitrogen and oxygen atoms in total. The zero-order chi connectivity index (χ0) is 19.9. The molecule has 0 aliphatic carbocycles. The molecule has 0 spiro atoms. The van der Waals surface area contributed by atoms with Crippen LogP contribution >= 0.6 is 0 Å². The molecule has 3 aromatic rings. The Bertz CT molecular complexity index is 941. The van der Waals surface area contributed by atoms with Crippen LogP contribution in [0.25, 0.3) is 5.69 Å². The second-order valence-corrected chi connectivity index (χ2v) is 5.77. The van der Waals surface area contributed by atoms with Crippen LogP contribution < -0.4 is 10.1 Å². The van der Waals surface area contributed by atoms with Crippen molar-refractivity contribution in [2.75, 3.05) is 11.9 Å². The number of carbonyl (C=O) groups excluding carboxylic acids is 2. The molecular formula is C19H19N5O4. The summed E-state index contributed by atoms with van der Waals surface area (Å²) in [5.74, 6) is -0.509. The SMILES string of the molecule is CCOc1ccccc1NC(=O)[C@H](C)OC(=O)c1ccc(-n2cnnn2)cc1. The summed E-state index contributed by atoms with van der Waals surface area (Å²) < 4.78 is 12.2. The minimum Gasteiger partial charge on any atom is -0.492 e. The summed E-state index contributed by atoms with van der Waals surface area (Å²) in [6, 6.07) is 13.6. The van der Waals surface area contributed by atoms with Crippen LogP contribution in [-0.4, -0.2) is 44.8 Å². The molecule has 9 heteroatoms. The van der Waals surface area contributed by atoms with Crippen molar-refractivity contribution >= 4 is 17.6 Å². The number of hydrogen-bond acceptors (Lipinski definition) is 7. The fraction of sp³-hybridized carbons (Fsp3) is 0.211. The maximum absolute atomic E-state index is 12.4. The lowest BCUT2D eigenvalue weighted by molar-refractivity contribution is -0.123. The van der Waals surface area contributed by atoms with Crippen molar-refractivity contribution in [3.05, 3.63) is 60.4 Å². The van der Waals surface area contributed by atoms with Crippen molar-refractivity contribution in [2.45, 2.75) is 20.0 Å². The minimum absolute atomic E-state index is 0.311. The lowest BCUT2D eigenvalue weighted by Gasteiger charge is -2.15. The monoisotopic (exact) mass is 381 g/mol. The summed E-state index contributed by atoms with van der Waals surface area (Å²) in [5.41, 5.74) is 1.52. The van der Waals surface area contributed by atoms with Crippen LogP contribution in [0.5, 0.6) is 5.75 Å². The van der Waals surface area contributed by atoms with E-state index in [4.69, 9.17) is 9.47 Å². The van der Waals surface area contributed by atoms with Crippen LogP contribution in [0.4, 0.5) is 5.69 Å². The Labute approximate surface area is 161 Å². The number of esters is 1. The van der Waals surface area contributed by atoms with Gasteiger partial charge in [-0.15, -0.1) is 5.10 Å². The maximum atomic E-state index is 12.4. The molecule has 1 N–H and O–H groups in total. The Morgan fingerprint density at radius 2 is 1.89 bits per heavy atom. The third kappa shape index (κ3) is 4.50. The molecule has 0 radical (unpaired) electrons. The van der Waals surface area contributed by atoms with Crippen LogP contribution in [0.3, 0.4) is 0 Å². The molecule has 0 aliphatic heterocycles. The first-order valence-electron chi connectivity index (χ1n) is 8.65. The van der Waals surface area contributed by atoms with Crippen molar-refractivity contribution in [1.29, 1.82) is 0 Å². The van der Waals surface area contributed by atoms with E-state index >= 15 is 0 Å². The number of carbonyl (C=O) groups is 2. The van der Waals surface area contributed by atoms with Gasteiger partial charge in [0.25, 0.3) is 5.91 Å². The Hall–Kier alpha value is -3.75. The van der Waals surface area contributed by atoms with Crippen LogP contribution in [0.15, 0.2) is 54.9 Å². The van der Waals surface area contributed by atoms with Gasteiger partial charge in [-0.2, -0.15) is 0 Å². The van der Waals surface area contributed by atoms with E-state index < -0.39 is 18.0 Å². The number of para-hydroxylation sites is 2. The number of ether oxygens (including phenoxy) is 2. The third-order valence-corrected chi connectivity index (χ3v) is 3.81. The molecule has 144 valence electrons. The lowest BCUT2D eigenvalue weighted by Crippen LogP contribution is -2.30. The zero-order valence-corrected chi connectivity index (χ0v) is 15.4. The molecule has 0 fully saturated rings. The van der Waals surface area contributed by atoms with Crippen molar-refractivity contribution < 1.29 is 19.1 Å². The van der Waals surface area contributed by atoms with Crippen LogP contribution in [-0.2, 0) is 9.53 Å². The molecule has 0 saturated carbocycles. The molecule has 1 heterocycles. The van der Waals surface area contributed by atoms with Gasteiger partial charge in [-0.25, -0.2) is 9.48 Å². The Morgan fingerprint density at radius 1 is 1.14 bits per heavy atom. The topological polar surface area (TPSA) is 108 Å². The highest BCUT2D eigenvalue weighted by molar-refractivity contribution is 5.98. The number of amides is 1. The Kier molecular flexibility index (Phi) is 5.95. The quantitative estimate of drug-likeness (QED) is 0.625. The van der Waals surface area contributed by atoms with Gasteiger partial charge in [-0.05, 0) is 60.7 Å². The molecule has 0 bridgehead atoms. The summed E-state index contributed by atoms with van der Waals surface area (Å²) in [5, 5.41) is 13.6. The smallest absolute Gasteiger partial charge is 0.338 e. The molecule has 3 rings (SSSR count). The van der Waals surface area contributed by atoms with Gasteiger partial charge in [0.05, 0.1) is 23.5 Å². The first-order chi connectivity index (χ1) is 13.6. The molecule has 1 aromatic heterocycles. The van der Waals surface area contributed by atoms with E-state index in [1.54, 1.807) is 42.5 Å². The molecule has 0 aliphatic rings. The van der Waals surface area contributed by atoms with E-state index in [1.165, 1.54) is 17.9 Å². The average molecular weight is 381 g/mol. The van der Waals surface area contributed by atoms with Gasteiger partial charge >= 0.3 is 5.97 Å². The van der Waals surface area contributed by atoms with Crippen molar-refractivity contribution in [2.24, 2.45) is 0 Å². The average Bonchev–Trinajstić information content (AvgIpc) is 3.24. The molecule has 0 unspecified atom stereocenters. The number of rotatable bonds is 7. The van der Waals surface area contributed by atoms with Gasteiger partial charge in [-0.1, -0.05) is 12.1 Å². The second kappa shape index (κ2) is 8.76. The Balaban J connectivity index is 1.61. The zero-order valence-electron chi connectivity index (χ0n) is 15.4. The van der Waals surface area contributed by atoms with Gasteiger partial charge in [-0.3, -0.25) is 4.79 Å². The van der Waals surface area contributed by atoms with Crippen LogP contribution in [0.1, 0.15) is 24.2 Å². The number of anilines is 1. The number of nitrogens with zero attached hydrogens (tertiary/aromatic N) is 4. The van der Waals surface area contributed by atoms with E-state index in [0.29, 0.717) is 29.3 Å². The van der Waals surface area contributed by atoms with Crippen LogP contribution in [0.2, 0.25) is 0 Å². The van der Waals surface area contributed by atoms with Gasteiger partial charge in [0, 0.05) is 0 Å². The second-order valence-electron chi connectivity index (χ2n) is 5.77. The first-order valence-corrected chi connectivity index (χ1v) is 8.65. The maximum Gasteiger partial charge on any atom is 0.338 e. The molecule has 0 saturated heterocycles. The number of benzene rings is 2. The number of nitrogens with one attached hydrogen (secondary N) is 1. The minimum atomic E-state index is -0.985. The molecule has 1 atom stereocenters. The predicted octanol–water partition coefficient (Wildman–Crippen LogP) is 2.25. The van der Waals surface area contributed by atoms with Gasteiger partial charge in [0.2, 0.25) is 0 Å². The highest BCUT2D eigenvalue weighted by Gasteiger charge is 2.20. The van der Waals surface area contributed by atoms with Crippen LogP contribution in [0, 0.1) is 0 Å². The number of aromatic nitrogens is 4. The highest BCUT2D eigenvalue weighted by Crippen LogP contribution is 2.24. The summed E-state index contributed by atoms with van der Waals surface area (Å²) in [6.07, 6.45) is 0.459. The molecule has 1 amide bonds. The largest absolute Gasteiger partial charge is 0.492 e. The molecular weight excluding hydrogens is 362 g/mol. The number of tetrazole rings is 1. The molecule has 2 aromatic carbocycles. The summed E-state index contributed by atoms with van der Waals surface area (Å²) >= 11 is 0. The lowest BCUT2D eigenvalue weighted by atomic mass is 10.2. The summed E-state index contributed by atoms with van der Waals surface area (Å²) in [4.78, 5) is 24.7. The van der Waals surface area contributed by atoms with E-state index in [2.05, 4.69) is 20.8 Å². The third-order valence-electron chi connectivity index (χ3n) is 3.81. The standard InChI is InChI=1S/C19H19N5O4/c1-3-27-17-7-5-4-6-16(17)21-18(25)13(2)28-19(26)14-8-10-15(11-9-14)24-12-20-22-23-24/h4-13H,3H2,1-2H3,(H,21,25)/t13-/m0/s1. The van der Waals surface area contributed by atoms with E-state index in [0.717, 1.165) is 0 Å². The number of hydrogen-bond donors (Lipinski definition) is 1. The fourth-order valence-corrected chi connectivity index (χ4v) is 2.40. The summed E-state index contributed by atoms with van der Waals surface area (Å²) in [6.45, 7) is 3.83. The van der Waals surface area contributed by atoms with E-state index in [-0.39, 0.29) is 0 Å². The molecule has 28 heavy (non-hydrogen) atoms. The first kappa shape index (κ1) is 19.0. The predicted molar refractivity (Wildman–Crippen MR) is 100 cm³/mol. The fourth-order valence-electron chi connectivity index (χ4n) is 2.40. The van der Waals surface area contributed by atoms with Gasteiger partial charge < -0.3 is 14.8 Å². The van der Waals surface area contributed by atoms with E-state index in [9.17, 15) is 9.59 Å².